The van der Waals surface area contributed by atoms with Gasteiger partial charge in [0.25, 0.3) is 0 Å². The molecule has 1 aromatic rings. The predicted molar refractivity (Wildman–Crippen MR) is 101 cm³/mol. The highest BCUT2D eigenvalue weighted by atomic mass is 16.3. The minimum absolute atomic E-state index is 0.211. The Morgan fingerprint density at radius 3 is 2.88 bits per heavy atom. The van der Waals surface area contributed by atoms with Gasteiger partial charge in [0.15, 0.2) is 5.78 Å². The summed E-state index contributed by atoms with van der Waals surface area (Å²) in [6.07, 6.45) is 7.87. The van der Waals surface area contributed by atoms with Crippen LogP contribution in [0, 0.1) is 23.2 Å². The van der Waals surface area contributed by atoms with E-state index in [9.17, 15) is 9.90 Å². The van der Waals surface area contributed by atoms with Crippen molar-refractivity contribution >= 4 is 5.78 Å². The number of ketones is 1. The molecular weight excluding hydrogens is 308 g/mol. The molecule has 0 spiro atoms. The summed E-state index contributed by atoms with van der Waals surface area (Å²) in [6, 6.07) is 5.44. The number of benzene rings is 1. The average Bonchev–Trinajstić information content (AvgIpc) is 2.93. The standard InChI is InChI=1S/C23H30O2/c1-4-5-14(2)20-8-9-21-18-13-22(25)19-12-15(24)6-7-16(19)17(18)10-11-23(20,21)3/h6-7,12,17-18,20-21,24H,2,4-5,8-11,13H2,1,3H3/t17?,18?,20-,21?,23-/m1/s1. The number of carbonyl (C=O) groups is 1. The fourth-order valence-corrected chi connectivity index (χ4v) is 6.56. The van der Waals surface area contributed by atoms with E-state index in [0.717, 1.165) is 12.0 Å². The van der Waals surface area contributed by atoms with Crippen molar-refractivity contribution in [2.24, 2.45) is 23.2 Å². The third-order valence-electron chi connectivity index (χ3n) is 7.66. The molecule has 5 atom stereocenters. The number of carbonyl (C=O) groups excluding carboxylic acids is 1. The first-order valence-electron chi connectivity index (χ1n) is 9.99. The maximum absolute atomic E-state index is 12.8. The number of aromatic hydroxyl groups is 1. The Morgan fingerprint density at radius 2 is 2.12 bits per heavy atom. The summed E-state index contributed by atoms with van der Waals surface area (Å²) in [6.45, 7) is 9.15. The van der Waals surface area contributed by atoms with Gasteiger partial charge >= 0.3 is 0 Å². The maximum atomic E-state index is 12.8. The highest BCUT2D eigenvalue weighted by Crippen LogP contribution is 2.64. The molecule has 2 saturated carbocycles. The summed E-state index contributed by atoms with van der Waals surface area (Å²) in [7, 11) is 0. The molecule has 4 rings (SSSR count). The fourth-order valence-electron chi connectivity index (χ4n) is 6.56. The van der Waals surface area contributed by atoms with Gasteiger partial charge in [0, 0.05) is 12.0 Å². The first-order chi connectivity index (χ1) is 12.0. The summed E-state index contributed by atoms with van der Waals surface area (Å²) < 4.78 is 0. The molecule has 0 heterocycles. The van der Waals surface area contributed by atoms with Gasteiger partial charge < -0.3 is 5.11 Å². The van der Waals surface area contributed by atoms with Crippen molar-refractivity contribution in [2.75, 3.05) is 0 Å². The molecule has 25 heavy (non-hydrogen) atoms. The topological polar surface area (TPSA) is 37.3 Å². The number of phenols is 1. The van der Waals surface area contributed by atoms with Gasteiger partial charge in [0.2, 0.25) is 0 Å². The summed E-state index contributed by atoms with van der Waals surface area (Å²) in [4.78, 5) is 12.8. The lowest BCUT2D eigenvalue weighted by Gasteiger charge is -2.51. The van der Waals surface area contributed by atoms with E-state index >= 15 is 0 Å². The number of rotatable bonds is 3. The van der Waals surface area contributed by atoms with Gasteiger partial charge in [0.05, 0.1) is 0 Å². The zero-order valence-corrected chi connectivity index (χ0v) is 15.6. The molecule has 1 N–H and O–H groups in total. The summed E-state index contributed by atoms with van der Waals surface area (Å²) in [5.74, 6) is 2.67. The van der Waals surface area contributed by atoms with Crippen molar-refractivity contribution in [3.05, 3.63) is 41.5 Å². The van der Waals surface area contributed by atoms with Crippen LogP contribution in [-0.4, -0.2) is 10.9 Å². The Balaban J connectivity index is 1.67. The summed E-state index contributed by atoms with van der Waals surface area (Å²) in [5.41, 5.74) is 3.73. The van der Waals surface area contributed by atoms with E-state index in [4.69, 9.17) is 0 Å². The van der Waals surface area contributed by atoms with Crippen LogP contribution in [0.1, 0.15) is 80.6 Å². The third kappa shape index (κ3) is 2.48. The Hall–Kier alpha value is -1.57. The van der Waals surface area contributed by atoms with E-state index in [2.05, 4.69) is 20.4 Å². The van der Waals surface area contributed by atoms with Gasteiger partial charge in [-0.15, -0.1) is 0 Å². The Labute approximate surface area is 151 Å². The molecule has 0 amide bonds. The molecule has 3 aliphatic carbocycles. The molecule has 2 fully saturated rings. The highest BCUT2D eigenvalue weighted by molar-refractivity contribution is 5.99. The monoisotopic (exact) mass is 338 g/mol. The van der Waals surface area contributed by atoms with Gasteiger partial charge in [-0.05, 0) is 78.9 Å². The van der Waals surface area contributed by atoms with E-state index in [0.29, 0.717) is 35.5 Å². The number of hydrogen-bond acceptors (Lipinski definition) is 2. The van der Waals surface area contributed by atoms with Crippen LogP contribution in [-0.2, 0) is 0 Å². The first kappa shape index (κ1) is 16.9. The molecule has 134 valence electrons. The van der Waals surface area contributed by atoms with Crippen LogP contribution >= 0.6 is 0 Å². The first-order valence-corrected chi connectivity index (χ1v) is 9.99. The molecule has 0 saturated heterocycles. The zero-order chi connectivity index (χ0) is 17.8. The second-order valence-electron chi connectivity index (χ2n) is 8.86. The van der Waals surface area contributed by atoms with E-state index in [-0.39, 0.29) is 11.5 Å². The second-order valence-corrected chi connectivity index (χ2v) is 8.86. The predicted octanol–water partition coefficient (Wildman–Crippen LogP) is 5.86. The smallest absolute Gasteiger partial charge is 0.163 e. The molecule has 0 aliphatic heterocycles. The van der Waals surface area contributed by atoms with Gasteiger partial charge in [-0.2, -0.15) is 0 Å². The number of phenolic OH excluding ortho intramolecular Hbond substituents is 1. The highest BCUT2D eigenvalue weighted by Gasteiger charge is 2.55. The van der Waals surface area contributed by atoms with Crippen LogP contribution in [0.3, 0.4) is 0 Å². The molecule has 0 bridgehead atoms. The molecule has 3 aliphatic rings. The van der Waals surface area contributed by atoms with E-state index in [1.54, 1.807) is 12.1 Å². The van der Waals surface area contributed by atoms with Gasteiger partial charge in [-0.1, -0.05) is 38.5 Å². The average molecular weight is 338 g/mol. The molecule has 2 heteroatoms. The van der Waals surface area contributed by atoms with Crippen LogP contribution in [0.25, 0.3) is 0 Å². The van der Waals surface area contributed by atoms with Crippen LogP contribution in [0.2, 0.25) is 0 Å². The van der Waals surface area contributed by atoms with Crippen LogP contribution in [0.15, 0.2) is 30.4 Å². The molecule has 3 unspecified atom stereocenters. The fraction of sp³-hybridized carbons (Fsp3) is 0.609. The molecule has 0 radical (unpaired) electrons. The largest absolute Gasteiger partial charge is 0.508 e. The van der Waals surface area contributed by atoms with E-state index in [1.807, 2.05) is 6.07 Å². The Morgan fingerprint density at radius 1 is 1.32 bits per heavy atom. The molecular formula is C23H30O2. The number of allylic oxidation sites excluding steroid dienone is 1. The van der Waals surface area contributed by atoms with Crippen LogP contribution in [0.5, 0.6) is 5.75 Å². The Kier molecular flexibility index (Phi) is 4.05. The number of Topliss-reactive ketones (excluding diaryl/α,β-unsaturated/α-hetero) is 1. The lowest BCUT2D eigenvalue weighted by molar-refractivity contribution is 0.0357. The Bertz CT molecular complexity index is 719. The lowest BCUT2D eigenvalue weighted by Crippen LogP contribution is -2.43. The van der Waals surface area contributed by atoms with E-state index < -0.39 is 0 Å². The van der Waals surface area contributed by atoms with Crippen molar-refractivity contribution in [3.8, 4) is 5.75 Å². The second kappa shape index (κ2) is 6.00. The molecule has 1 aromatic carbocycles. The normalized spacial score (nSPS) is 36.5. The summed E-state index contributed by atoms with van der Waals surface area (Å²) >= 11 is 0. The minimum atomic E-state index is 0.211. The van der Waals surface area contributed by atoms with Crippen LogP contribution in [0.4, 0.5) is 0 Å². The van der Waals surface area contributed by atoms with Gasteiger partial charge in [0.1, 0.15) is 5.75 Å². The van der Waals surface area contributed by atoms with E-state index in [1.165, 1.54) is 43.2 Å². The van der Waals surface area contributed by atoms with Crippen molar-refractivity contribution in [1.29, 1.82) is 0 Å². The summed E-state index contributed by atoms with van der Waals surface area (Å²) in [5, 5.41) is 9.78. The molecule has 2 nitrogen and oxygen atoms in total. The quantitative estimate of drug-likeness (QED) is 0.701. The molecule has 0 aromatic heterocycles. The van der Waals surface area contributed by atoms with Gasteiger partial charge in [-0.3, -0.25) is 4.79 Å². The van der Waals surface area contributed by atoms with Crippen molar-refractivity contribution in [2.45, 2.75) is 64.7 Å². The van der Waals surface area contributed by atoms with Crippen molar-refractivity contribution < 1.29 is 9.90 Å². The zero-order valence-electron chi connectivity index (χ0n) is 15.6. The SMILES string of the molecule is C=C(CCC)[C@H]1CCC2C3CC(=O)c4cc(O)ccc4C3CC[C@@]21C. The van der Waals surface area contributed by atoms with Gasteiger partial charge in [-0.25, -0.2) is 0 Å². The number of hydrogen-bond donors (Lipinski definition) is 1. The van der Waals surface area contributed by atoms with Crippen molar-refractivity contribution in [3.63, 3.8) is 0 Å². The number of fused-ring (bicyclic) bond motifs is 5. The maximum Gasteiger partial charge on any atom is 0.163 e. The van der Waals surface area contributed by atoms with Crippen molar-refractivity contribution in [1.82, 2.24) is 0 Å². The third-order valence-corrected chi connectivity index (χ3v) is 7.66. The minimum Gasteiger partial charge on any atom is -0.508 e. The van der Waals surface area contributed by atoms with Crippen LogP contribution < -0.4 is 0 Å². The lowest BCUT2D eigenvalue weighted by atomic mass is 9.53.